The van der Waals surface area contributed by atoms with Gasteiger partial charge < -0.3 is 0 Å². The minimum absolute atomic E-state index is 0.268. The molecule has 1 aromatic carbocycles. The molecule has 3 heterocycles. The lowest BCUT2D eigenvalue weighted by molar-refractivity contribution is -0.116. The zero-order valence-electron chi connectivity index (χ0n) is 11.5. The summed E-state index contributed by atoms with van der Waals surface area (Å²) in [6.45, 7) is 0. The number of nitrogens with zero attached hydrogens (tertiary/aromatic N) is 3. The highest BCUT2D eigenvalue weighted by Crippen LogP contribution is 2.29. The van der Waals surface area contributed by atoms with E-state index in [2.05, 4.69) is 20.8 Å². The van der Waals surface area contributed by atoms with Crippen molar-refractivity contribution in [2.24, 2.45) is 0 Å². The third kappa shape index (κ3) is 2.09. The monoisotopic (exact) mass is 287 g/mol. The maximum Gasteiger partial charge on any atom is 0.288 e. The molecular weight excluding hydrogens is 276 g/mol. The van der Waals surface area contributed by atoms with Gasteiger partial charge in [-0.3, -0.25) is 20.2 Å². The van der Waals surface area contributed by atoms with Gasteiger partial charge in [-0.2, -0.15) is 0 Å². The first kappa shape index (κ1) is 12.5. The summed E-state index contributed by atoms with van der Waals surface area (Å²) in [4.78, 5) is 19.7. The van der Waals surface area contributed by atoms with E-state index in [1.807, 2.05) is 36.4 Å². The molecule has 5 heteroatoms. The average molecular weight is 287 g/mol. The summed E-state index contributed by atoms with van der Waals surface area (Å²) < 4.78 is 0. The van der Waals surface area contributed by atoms with Crippen molar-refractivity contribution in [3.63, 3.8) is 0 Å². The molecule has 3 aromatic rings. The molecule has 0 unspecified atom stereocenters. The smallest absolute Gasteiger partial charge is 0.274 e. The number of hydrogen-bond acceptors (Lipinski definition) is 4. The Bertz CT molecular complexity index is 903. The molecule has 105 valence electrons. The van der Waals surface area contributed by atoms with E-state index in [0.717, 1.165) is 27.6 Å². The van der Waals surface area contributed by atoms with Crippen LogP contribution in [0, 0.1) is 0 Å². The van der Waals surface area contributed by atoms with E-state index >= 15 is 0 Å². The van der Waals surface area contributed by atoms with Gasteiger partial charge in [0.05, 0.1) is 11.2 Å². The summed E-state index contributed by atoms with van der Waals surface area (Å²) >= 11 is 0. The van der Waals surface area contributed by atoms with Crippen LogP contribution in [0.15, 0.2) is 61.1 Å². The van der Waals surface area contributed by atoms with E-state index < -0.39 is 0 Å². The number of rotatable bonds is 2. The lowest BCUT2D eigenvalue weighted by Gasteiger charge is -2.09. The Morgan fingerprint density at radius 2 is 1.77 bits per heavy atom. The van der Waals surface area contributed by atoms with Crippen molar-refractivity contribution in [3.05, 3.63) is 66.6 Å². The first-order valence-corrected chi connectivity index (χ1v) is 6.83. The number of benzene rings is 1. The summed E-state index contributed by atoms with van der Waals surface area (Å²) in [5.41, 5.74) is 11.1. The van der Waals surface area contributed by atoms with E-state index in [9.17, 15) is 4.79 Å². The number of amides is 1. The molecule has 4 rings (SSSR count). The Hall–Kier alpha value is -3.21. The van der Waals surface area contributed by atoms with Crippen LogP contribution < -0.4 is 10.9 Å². The van der Waals surface area contributed by atoms with Crippen LogP contribution in [-0.2, 0) is 4.79 Å². The molecule has 0 spiro atoms. The Balaban J connectivity index is 1.91. The predicted octanol–water partition coefficient (Wildman–Crippen LogP) is 2.29. The van der Waals surface area contributed by atoms with Gasteiger partial charge in [0.2, 0.25) is 0 Å². The van der Waals surface area contributed by atoms with E-state index in [1.54, 1.807) is 18.6 Å². The highest BCUT2D eigenvalue weighted by Gasteiger charge is 2.15. The summed E-state index contributed by atoms with van der Waals surface area (Å²) in [5, 5.41) is 1.02. The second-order valence-electron chi connectivity index (χ2n) is 4.95. The number of hydrogen-bond donors (Lipinski definition) is 1. The number of aromatic nitrogens is 2. The van der Waals surface area contributed by atoms with Crippen LogP contribution in [0.25, 0.3) is 27.7 Å². The largest absolute Gasteiger partial charge is 0.288 e. The number of pyridine rings is 2. The van der Waals surface area contributed by atoms with Crippen molar-refractivity contribution in [2.45, 2.75) is 0 Å². The van der Waals surface area contributed by atoms with Crippen molar-refractivity contribution < 1.29 is 4.79 Å². The SMILES string of the molecule is O=C1C=C(c2ccc3nccc(-c4ccncc4)c3c2)N[N]1. The number of carbonyl (C=O) groups is 1. The molecule has 1 radical (unpaired) electrons. The Labute approximate surface area is 126 Å². The topological polar surface area (TPSA) is 69.0 Å². The zero-order chi connectivity index (χ0) is 14.9. The predicted molar refractivity (Wildman–Crippen MR) is 83.2 cm³/mol. The van der Waals surface area contributed by atoms with Gasteiger partial charge in [0, 0.05) is 35.6 Å². The maximum absolute atomic E-state index is 11.3. The van der Waals surface area contributed by atoms with Gasteiger partial charge in [0.15, 0.2) is 0 Å². The summed E-state index contributed by atoms with van der Waals surface area (Å²) in [7, 11) is 0. The molecule has 0 atom stereocenters. The van der Waals surface area contributed by atoms with Gasteiger partial charge in [-0.05, 0) is 41.5 Å². The van der Waals surface area contributed by atoms with Gasteiger partial charge in [0.25, 0.3) is 5.91 Å². The van der Waals surface area contributed by atoms with Crippen molar-refractivity contribution in [1.29, 1.82) is 0 Å². The van der Waals surface area contributed by atoms with Gasteiger partial charge in [-0.15, -0.1) is 5.43 Å². The quantitative estimate of drug-likeness (QED) is 0.785. The molecular formula is C17H11N4O. The molecule has 2 aromatic heterocycles. The highest BCUT2D eigenvalue weighted by atomic mass is 16.2. The van der Waals surface area contributed by atoms with Crippen LogP contribution in [0.3, 0.4) is 0 Å². The average Bonchev–Trinajstić information content (AvgIpc) is 3.01. The second kappa shape index (κ2) is 4.96. The maximum atomic E-state index is 11.3. The molecule has 5 nitrogen and oxygen atoms in total. The Morgan fingerprint density at radius 3 is 2.55 bits per heavy atom. The Kier molecular flexibility index (Phi) is 2.83. The van der Waals surface area contributed by atoms with Crippen LogP contribution in [0.1, 0.15) is 5.56 Å². The van der Waals surface area contributed by atoms with Crippen LogP contribution in [0.2, 0.25) is 0 Å². The van der Waals surface area contributed by atoms with Gasteiger partial charge in [-0.1, -0.05) is 6.07 Å². The molecule has 1 aliphatic heterocycles. The van der Waals surface area contributed by atoms with Crippen molar-refractivity contribution >= 4 is 22.5 Å². The molecule has 1 aliphatic rings. The Morgan fingerprint density at radius 1 is 0.909 bits per heavy atom. The second-order valence-corrected chi connectivity index (χ2v) is 4.95. The standard InChI is InChI=1S/C17H11N4O/c22-17-10-16(20-21-17)12-1-2-15-14(9-12)13(5-8-19-15)11-3-6-18-7-4-11/h1-10,20H. The van der Waals surface area contributed by atoms with Crippen molar-refractivity contribution in [1.82, 2.24) is 20.8 Å². The van der Waals surface area contributed by atoms with Crippen LogP contribution >= 0.6 is 0 Å². The van der Waals surface area contributed by atoms with Crippen LogP contribution in [0.4, 0.5) is 0 Å². The van der Waals surface area contributed by atoms with E-state index in [4.69, 9.17) is 0 Å². The fraction of sp³-hybridized carbons (Fsp3) is 0. The van der Waals surface area contributed by atoms with Gasteiger partial charge in [-0.25, -0.2) is 0 Å². The summed E-state index contributed by atoms with van der Waals surface area (Å²) in [5.74, 6) is -0.268. The third-order valence-electron chi connectivity index (χ3n) is 3.60. The van der Waals surface area contributed by atoms with E-state index in [0.29, 0.717) is 5.70 Å². The van der Waals surface area contributed by atoms with Gasteiger partial charge in [0.1, 0.15) is 0 Å². The van der Waals surface area contributed by atoms with E-state index in [-0.39, 0.29) is 5.91 Å². The van der Waals surface area contributed by atoms with Crippen molar-refractivity contribution in [3.8, 4) is 11.1 Å². The number of fused-ring (bicyclic) bond motifs is 1. The molecule has 0 aliphatic carbocycles. The van der Waals surface area contributed by atoms with Crippen LogP contribution in [-0.4, -0.2) is 15.9 Å². The summed E-state index contributed by atoms with van der Waals surface area (Å²) in [6.07, 6.45) is 6.82. The third-order valence-corrected chi connectivity index (χ3v) is 3.60. The number of carbonyl (C=O) groups excluding carboxylic acids is 1. The first-order valence-electron chi connectivity index (χ1n) is 6.83. The normalized spacial score (nSPS) is 13.6. The zero-order valence-corrected chi connectivity index (χ0v) is 11.5. The number of nitrogens with one attached hydrogen (secondary N) is 1. The van der Waals surface area contributed by atoms with E-state index in [1.165, 1.54) is 6.08 Å². The molecule has 0 saturated carbocycles. The minimum atomic E-state index is -0.268. The molecule has 22 heavy (non-hydrogen) atoms. The fourth-order valence-corrected chi connectivity index (χ4v) is 2.55. The fourth-order valence-electron chi connectivity index (χ4n) is 2.55. The molecule has 1 amide bonds. The van der Waals surface area contributed by atoms with Gasteiger partial charge >= 0.3 is 0 Å². The summed E-state index contributed by atoms with van der Waals surface area (Å²) in [6, 6.07) is 11.8. The highest BCUT2D eigenvalue weighted by molar-refractivity contribution is 6.01. The lowest BCUT2D eigenvalue weighted by atomic mass is 10.00. The first-order chi connectivity index (χ1) is 10.8. The van der Waals surface area contributed by atoms with Crippen LogP contribution in [0.5, 0.6) is 0 Å². The molecule has 0 fully saturated rings. The van der Waals surface area contributed by atoms with Crippen molar-refractivity contribution in [2.75, 3.05) is 0 Å². The molecule has 0 saturated heterocycles. The molecule has 1 N–H and O–H groups in total. The molecule has 0 bridgehead atoms. The minimum Gasteiger partial charge on any atom is -0.274 e. The lowest BCUT2D eigenvalue weighted by Crippen LogP contribution is -2.18.